The summed E-state index contributed by atoms with van der Waals surface area (Å²) < 4.78 is 0. The second-order valence-electron chi connectivity index (χ2n) is 6.29. The molecule has 2 rings (SSSR count). The lowest BCUT2D eigenvalue weighted by molar-refractivity contribution is 0.0137. The third-order valence-corrected chi connectivity index (χ3v) is 4.25. The predicted octanol–water partition coefficient (Wildman–Crippen LogP) is 0.805. The molecule has 0 aromatic carbocycles. The lowest BCUT2D eigenvalue weighted by Gasteiger charge is -2.43. The van der Waals surface area contributed by atoms with E-state index in [-0.39, 0.29) is 23.5 Å². The number of aliphatic hydroxyl groups is 1. The van der Waals surface area contributed by atoms with Crippen molar-refractivity contribution in [3.8, 4) is 0 Å². The molecule has 2 N–H and O–H groups in total. The molecule has 22 heavy (non-hydrogen) atoms. The molecule has 1 aliphatic heterocycles. The van der Waals surface area contributed by atoms with Crippen molar-refractivity contribution >= 4 is 17.5 Å². The van der Waals surface area contributed by atoms with Crippen LogP contribution in [0.2, 0.25) is 5.02 Å². The summed E-state index contributed by atoms with van der Waals surface area (Å²) in [5, 5.41) is 10.1. The number of likely N-dealkylation sites (tertiary alicyclic amines) is 1. The number of amides is 1. The molecule has 0 aliphatic carbocycles. The third kappa shape index (κ3) is 3.69. The highest BCUT2D eigenvalue weighted by atomic mass is 35.5. The largest absolute Gasteiger partial charge is 0.396 e. The molecule has 1 aromatic heterocycles. The number of aliphatic hydroxyl groups excluding tert-OH is 1. The molecule has 7 heteroatoms. The molecule has 1 aliphatic rings. The van der Waals surface area contributed by atoms with Crippen LogP contribution < -0.4 is 5.56 Å². The van der Waals surface area contributed by atoms with E-state index in [9.17, 15) is 14.7 Å². The maximum absolute atomic E-state index is 12.6. The van der Waals surface area contributed by atoms with Crippen LogP contribution in [0.1, 0.15) is 23.2 Å². The topological polar surface area (TPSA) is 76.6 Å². The van der Waals surface area contributed by atoms with Crippen LogP contribution in [0.5, 0.6) is 0 Å². The molecule has 0 saturated carbocycles. The fraction of sp³-hybridized carbons (Fsp3) is 0.600. The van der Waals surface area contributed by atoms with E-state index in [1.54, 1.807) is 4.90 Å². The second kappa shape index (κ2) is 6.81. The Morgan fingerprint density at radius 3 is 2.91 bits per heavy atom. The normalized spacial score (nSPS) is 22.1. The van der Waals surface area contributed by atoms with E-state index >= 15 is 0 Å². The number of carbonyl (C=O) groups is 1. The van der Waals surface area contributed by atoms with Crippen molar-refractivity contribution in [1.82, 2.24) is 14.8 Å². The Balaban J connectivity index is 2.23. The molecule has 6 nitrogen and oxygen atoms in total. The Kier molecular flexibility index (Phi) is 5.26. The Hall–Kier alpha value is -1.37. The monoisotopic (exact) mass is 327 g/mol. The van der Waals surface area contributed by atoms with Gasteiger partial charge in [-0.3, -0.25) is 9.59 Å². The predicted molar refractivity (Wildman–Crippen MR) is 85.3 cm³/mol. The Labute approximate surface area is 134 Å². The summed E-state index contributed by atoms with van der Waals surface area (Å²) in [5.74, 6) is -0.333. The minimum absolute atomic E-state index is 0.0147. The first-order valence-corrected chi connectivity index (χ1v) is 7.68. The van der Waals surface area contributed by atoms with Crippen LogP contribution in [0.15, 0.2) is 17.1 Å². The molecular weight excluding hydrogens is 306 g/mol. The summed E-state index contributed by atoms with van der Waals surface area (Å²) in [4.78, 5) is 30.6. The van der Waals surface area contributed by atoms with Gasteiger partial charge in [0.25, 0.3) is 11.5 Å². The van der Waals surface area contributed by atoms with Gasteiger partial charge in [-0.25, -0.2) is 0 Å². The highest BCUT2D eigenvalue weighted by Gasteiger charge is 2.37. The molecular formula is C15H22ClN3O3. The smallest absolute Gasteiger partial charge is 0.260 e. The van der Waals surface area contributed by atoms with E-state index in [1.807, 2.05) is 19.0 Å². The van der Waals surface area contributed by atoms with E-state index in [4.69, 9.17) is 11.6 Å². The van der Waals surface area contributed by atoms with Crippen LogP contribution in [0, 0.1) is 5.41 Å². The molecule has 1 aromatic rings. The van der Waals surface area contributed by atoms with Crippen molar-refractivity contribution in [2.45, 2.75) is 12.8 Å². The van der Waals surface area contributed by atoms with Gasteiger partial charge in [-0.1, -0.05) is 11.6 Å². The first-order chi connectivity index (χ1) is 10.4. The summed E-state index contributed by atoms with van der Waals surface area (Å²) in [5.41, 5.74) is -0.740. The number of carbonyl (C=O) groups excluding carboxylic acids is 1. The number of aromatic amines is 1. The molecule has 1 saturated heterocycles. The van der Waals surface area contributed by atoms with E-state index in [2.05, 4.69) is 4.98 Å². The summed E-state index contributed by atoms with van der Waals surface area (Å²) in [7, 11) is 3.89. The quantitative estimate of drug-likeness (QED) is 0.858. The molecule has 1 atom stereocenters. The van der Waals surface area contributed by atoms with Gasteiger partial charge >= 0.3 is 0 Å². The second-order valence-corrected chi connectivity index (χ2v) is 6.72. The summed E-state index contributed by atoms with van der Waals surface area (Å²) in [6.07, 6.45) is 3.02. The summed E-state index contributed by atoms with van der Waals surface area (Å²) in [6, 6.07) is 1.39. The number of pyridine rings is 1. The van der Waals surface area contributed by atoms with Gasteiger partial charge in [0.15, 0.2) is 0 Å². The van der Waals surface area contributed by atoms with Crippen molar-refractivity contribution in [3.05, 3.63) is 33.2 Å². The van der Waals surface area contributed by atoms with Crippen LogP contribution in [0.4, 0.5) is 0 Å². The molecule has 122 valence electrons. The maximum Gasteiger partial charge on any atom is 0.260 e. The van der Waals surface area contributed by atoms with E-state index in [0.717, 1.165) is 12.8 Å². The first kappa shape index (κ1) is 17.0. The van der Waals surface area contributed by atoms with Crippen LogP contribution in [0.25, 0.3) is 0 Å². The number of nitrogens with zero attached hydrogens (tertiary/aromatic N) is 2. The van der Waals surface area contributed by atoms with Crippen LogP contribution in [-0.4, -0.2) is 66.1 Å². The van der Waals surface area contributed by atoms with Gasteiger partial charge in [0, 0.05) is 31.2 Å². The van der Waals surface area contributed by atoms with Gasteiger partial charge in [0.1, 0.15) is 5.56 Å². The van der Waals surface area contributed by atoms with Gasteiger partial charge in [0.05, 0.1) is 11.6 Å². The van der Waals surface area contributed by atoms with Gasteiger partial charge < -0.3 is 19.9 Å². The molecule has 2 heterocycles. The average molecular weight is 328 g/mol. The minimum Gasteiger partial charge on any atom is -0.396 e. The molecule has 0 bridgehead atoms. The van der Waals surface area contributed by atoms with Crippen LogP contribution in [0.3, 0.4) is 0 Å². The standard InChI is InChI=1S/C15H22ClN3O3/c1-18(2)8-15(10-20)4-3-5-19(9-15)14(22)12-6-11(16)7-17-13(12)21/h6-7,20H,3-5,8-10H2,1-2H3,(H,17,21). The fourth-order valence-electron chi connectivity index (χ4n) is 3.15. The van der Waals surface area contributed by atoms with Crippen molar-refractivity contribution in [3.63, 3.8) is 0 Å². The van der Waals surface area contributed by atoms with Crippen molar-refractivity contribution in [2.24, 2.45) is 5.41 Å². The van der Waals surface area contributed by atoms with Gasteiger partial charge in [-0.05, 0) is 33.0 Å². The summed E-state index contributed by atoms with van der Waals surface area (Å²) >= 11 is 5.86. The maximum atomic E-state index is 12.6. The zero-order chi connectivity index (χ0) is 16.3. The number of hydrogen-bond acceptors (Lipinski definition) is 4. The fourth-order valence-corrected chi connectivity index (χ4v) is 3.31. The lowest BCUT2D eigenvalue weighted by atomic mass is 9.80. The zero-order valence-electron chi connectivity index (χ0n) is 12.9. The Morgan fingerprint density at radius 1 is 1.55 bits per heavy atom. The Bertz CT molecular complexity index is 602. The minimum atomic E-state index is -0.442. The highest BCUT2D eigenvalue weighted by Crippen LogP contribution is 2.30. The van der Waals surface area contributed by atoms with Gasteiger partial charge in [0.2, 0.25) is 0 Å². The number of piperidine rings is 1. The van der Waals surface area contributed by atoms with Crippen molar-refractivity contribution in [2.75, 3.05) is 40.3 Å². The van der Waals surface area contributed by atoms with E-state index < -0.39 is 5.56 Å². The number of aromatic nitrogens is 1. The van der Waals surface area contributed by atoms with Gasteiger partial charge in [-0.15, -0.1) is 0 Å². The number of halogens is 1. The number of H-pyrrole nitrogens is 1. The van der Waals surface area contributed by atoms with Crippen LogP contribution in [-0.2, 0) is 0 Å². The van der Waals surface area contributed by atoms with Crippen molar-refractivity contribution in [1.29, 1.82) is 0 Å². The summed E-state index contributed by atoms with van der Waals surface area (Å²) in [6.45, 7) is 1.73. The molecule has 0 radical (unpaired) electrons. The lowest BCUT2D eigenvalue weighted by Crippen LogP contribution is -2.52. The SMILES string of the molecule is CN(C)CC1(CO)CCCN(C(=O)c2cc(Cl)c[nH]c2=O)C1. The number of hydrogen-bond donors (Lipinski definition) is 2. The third-order valence-electron chi connectivity index (χ3n) is 4.03. The molecule has 0 spiro atoms. The van der Waals surface area contributed by atoms with Crippen molar-refractivity contribution < 1.29 is 9.90 Å². The number of rotatable bonds is 4. The highest BCUT2D eigenvalue weighted by molar-refractivity contribution is 6.30. The Morgan fingerprint density at radius 2 is 2.27 bits per heavy atom. The average Bonchev–Trinajstić information content (AvgIpc) is 2.48. The van der Waals surface area contributed by atoms with E-state index in [1.165, 1.54) is 12.3 Å². The van der Waals surface area contributed by atoms with Gasteiger partial charge in [-0.2, -0.15) is 0 Å². The molecule has 1 fully saturated rings. The molecule has 1 unspecified atom stereocenters. The first-order valence-electron chi connectivity index (χ1n) is 7.30. The number of nitrogens with one attached hydrogen (secondary N) is 1. The van der Waals surface area contributed by atoms with Crippen LogP contribution >= 0.6 is 11.6 Å². The zero-order valence-corrected chi connectivity index (χ0v) is 13.7. The van der Waals surface area contributed by atoms with E-state index in [0.29, 0.717) is 24.7 Å². The molecule has 1 amide bonds.